The number of nitrogens with one attached hydrogen (secondary N) is 1. The highest BCUT2D eigenvalue weighted by Gasteiger charge is 2.33. The zero-order valence-corrected chi connectivity index (χ0v) is 14.6. The fourth-order valence-electron chi connectivity index (χ4n) is 2.93. The minimum absolute atomic E-state index is 0. The molecule has 1 aromatic carbocycles. The Morgan fingerprint density at radius 2 is 1.88 bits per heavy atom. The molecule has 0 bridgehead atoms. The van der Waals surface area contributed by atoms with E-state index in [4.69, 9.17) is 5.73 Å². The minimum atomic E-state index is -4.37. The number of carbonyl (C=O) groups excluding carboxylic acids is 1. The summed E-state index contributed by atoms with van der Waals surface area (Å²) in [6.45, 7) is 3.94. The first kappa shape index (κ1) is 20.8. The zero-order valence-electron chi connectivity index (χ0n) is 13.8. The minimum Gasteiger partial charge on any atom is -0.355 e. The van der Waals surface area contributed by atoms with Gasteiger partial charge < -0.3 is 11.1 Å². The highest BCUT2D eigenvalue weighted by Crippen LogP contribution is 2.32. The highest BCUT2D eigenvalue weighted by molar-refractivity contribution is 5.85. The number of halogens is 4. The van der Waals surface area contributed by atoms with Crippen molar-refractivity contribution in [2.24, 2.45) is 11.7 Å². The molecule has 1 aliphatic carbocycles. The van der Waals surface area contributed by atoms with Gasteiger partial charge >= 0.3 is 6.18 Å². The van der Waals surface area contributed by atoms with Crippen molar-refractivity contribution in [2.75, 3.05) is 6.54 Å². The van der Waals surface area contributed by atoms with Crippen LogP contribution in [-0.2, 0) is 16.4 Å². The summed E-state index contributed by atoms with van der Waals surface area (Å²) in [5.74, 6) is -0.139. The molecule has 24 heavy (non-hydrogen) atoms. The predicted molar refractivity (Wildman–Crippen MR) is 90.0 cm³/mol. The van der Waals surface area contributed by atoms with Gasteiger partial charge in [0.1, 0.15) is 0 Å². The maximum absolute atomic E-state index is 12.8. The molecule has 2 atom stereocenters. The van der Waals surface area contributed by atoms with E-state index in [2.05, 4.69) is 5.32 Å². The third kappa shape index (κ3) is 5.11. The Balaban J connectivity index is 0.00000288. The third-order valence-corrected chi connectivity index (χ3v) is 4.52. The third-order valence-electron chi connectivity index (χ3n) is 4.52. The van der Waals surface area contributed by atoms with Crippen molar-refractivity contribution in [2.45, 2.75) is 50.7 Å². The molecule has 0 saturated heterocycles. The highest BCUT2D eigenvalue weighted by atomic mass is 35.5. The van der Waals surface area contributed by atoms with Crippen molar-refractivity contribution < 1.29 is 18.0 Å². The van der Waals surface area contributed by atoms with Crippen LogP contribution >= 0.6 is 12.4 Å². The quantitative estimate of drug-likeness (QED) is 0.856. The van der Waals surface area contributed by atoms with Gasteiger partial charge in [0, 0.05) is 23.9 Å². The SMILES string of the molecule is CC(C)(CNC(=O)C1CCC(N)C1)c1cccc(C(F)(F)F)c1.Cl. The summed E-state index contributed by atoms with van der Waals surface area (Å²) in [5.41, 5.74) is 5.10. The van der Waals surface area contributed by atoms with Crippen molar-refractivity contribution >= 4 is 18.3 Å². The Bertz CT molecular complexity index is 575. The van der Waals surface area contributed by atoms with E-state index in [0.717, 1.165) is 25.0 Å². The van der Waals surface area contributed by atoms with Crippen LogP contribution in [0.1, 0.15) is 44.2 Å². The monoisotopic (exact) mass is 364 g/mol. The number of benzene rings is 1. The zero-order chi connectivity index (χ0) is 17.3. The molecule has 1 fully saturated rings. The number of hydrogen-bond acceptors (Lipinski definition) is 2. The van der Waals surface area contributed by atoms with Crippen LogP contribution in [0.5, 0.6) is 0 Å². The Labute approximate surface area is 146 Å². The summed E-state index contributed by atoms with van der Waals surface area (Å²) in [4.78, 5) is 12.1. The van der Waals surface area contributed by atoms with Crippen LogP contribution in [0.2, 0.25) is 0 Å². The van der Waals surface area contributed by atoms with Crippen molar-refractivity contribution in [3.8, 4) is 0 Å². The van der Waals surface area contributed by atoms with Gasteiger partial charge in [-0.25, -0.2) is 0 Å². The number of nitrogens with two attached hydrogens (primary N) is 1. The molecule has 2 unspecified atom stereocenters. The van der Waals surface area contributed by atoms with Gasteiger partial charge in [-0.15, -0.1) is 12.4 Å². The molecule has 0 radical (unpaired) electrons. The fraction of sp³-hybridized carbons (Fsp3) is 0.588. The fourth-order valence-corrected chi connectivity index (χ4v) is 2.93. The molecule has 0 aromatic heterocycles. The van der Waals surface area contributed by atoms with Crippen LogP contribution in [0.25, 0.3) is 0 Å². The second-order valence-electron chi connectivity index (χ2n) is 6.95. The van der Waals surface area contributed by atoms with Gasteiger partial charge in [-0.3, -0.25) is 4.79 Å². The molecule has 0 heterocycles. The Morgan fingerprint density at radius 3 is 2.42 bits per heavy atom. The molecule has 3 N–H and O–H groups in total. The van der Waals surface area contributed by atoms with E-state index in [1.54, 1.807) is 6.07 Å². The molecule has 0 spiro atoms. The van der Waals surface area contributed by atoms with Gasteiger partial charge in [0.15, 0.2) is 0 Å². The summed E-state index contributed by atoms with van der Waals surface area (Å²) in [6.07, 6.45) is -2.07. The molecule has 1 aromatic rings. The van der Waals surface area contributed by atoms with Crippen molar-refractivity contribution in [1.29, 1.82) is 0 Å². The Hall–Kier alpha value is -1.27. The van der Waals surface area contributed by atoms with E-state index in [1.807, 2.05) is 13.8 Å². The van der Waals surface area contributed by atoms with Crippen LogP contribution in [0, 0.1) is 5.92 Å². The average Bonchev–Trinajstić information content (AvgIpc) is 2.91. The van der Waals surface area contributed by atoms with Gasteiger partial charge in [-0.2, -0.15) is 13.2 Å². The first-order valence-electron chi connectivity index (χ1n) is 7.80. The number of rotatable bonds is 4. The molecular weight excluding hydrogens is 341 g/mol. The van der Waals surface area contributed by atoms with Crippen LogP contribution < -0.4 is 11.1 Å². The molecule has 1 amide bonds. The predicted octanol–water partition coefficient (Wildman–Crippen LogP) is 3.65. The lowest BCUT2D eigenvalue weighted by molar-refractivity contribution is -0.137. The summed E-state index contributed by atoms with van der Waals surface area (Å²) in [7, 11) is 0. The summed E-state index contributed by atoms with van der Waals surface area (Å²) >= 11 is 0. The largest absolute Gasteiger partial charge is 0.416 e. The van der Waals surface area contributed by atoms with Crippen LogP contribution in [0.15, 0.2) is 24.3 Å². The number of carbonyl (C=O) groups is 1. The number of hydrogen-bond donors (Lipinski definition) is 2. The van der Waals surface area contributed by atoms with Gasteiger partial charge in [0.2, 0.25) is 5.91 Å². The molecular formula is C17H24ClF3N2O. The normalized spacial score (nSPS) is 21.2. The van der Waals surface area contributed by atoms with E-state index in [-0.39, 0.29) is 30.3 Å². The lowest BCUT2D eigenvalue weighted by Gasteiger charge is -2.27. The molecule has 7 heteroatoms. The van der Waals surface area contributed by atoms with Crippen molar-refractivity contribution in [3.05, 3.63) is 35.4 Å². The first-order chi connectivity index (χ1) is 10.6. The topological polar surface area (TPSA) is 55.1 Å². The molecule has 3 nitrogen and oxygen atoms in total. The maximum atomic E-state index is 12.8. The maximum Gasteiger partial charge on any atom is 0.416 e. The lowest BCUT2D eigenvalue weighted by atomic mass is 9.83. The Morgan fingerprint density at radius 1 is 1.25 bits per heavy atom. The van der Waals surface area contributed by atoms with Crippen LogP contribution in [0.3, 0.4) is 0 Å². The van der Waals surface area contributed by atoms with Crippen molar-refractivity contribution in [3.63, 3.8) is 0 Å². The molecule has 0 aliphatic heterocycles. The summed E-state index contributed by atoms with van der Waals surface area (Å²) < 4.78 is 38.5. The van der Waals surface area contributed by atoms with Gasteiger partial charge in [-0.05, 0) is 30.9 Å². The van der Waals surface area contributed by atoms with E-state index in [1.165, 1.54) is 6.07 Å². The lowest BCUT2D eigenvalue weighted by Crippen LogP contribution is -2.39. The average molecular weight is 365 g/mol. The number of amides is 1. The van der Waals surface area contributed by atoms with Crippen LogP contribution in [0.4, 0.5) is 13.2 Å². The number of alkyl halides is 3. The molecule has 1 saturated carbocycles. The smallest absolute Gasteiger partial charge is 0.355 e. The summed E-state index contributed by atoms with van der Waals surface area (Å²) in [6, 6.07) is 5.34. The molecule has 136 valence electrons. The van der Waals surface area contributed by atoms with Crippen molar-refractivity contribution in [1.82, 2.24) is 5.32 Å². The molecule has 2 rings (SSSR count). The van der Waals surface area contributed by atoms with Gasteiger partial charge in [-0.1, -0.05) is 32.0 Å². The second-order valence-corrected chi connectivity index (χ2v) is 6.95. The van der Waals surface area contributed by atoms with E-state index < -0.39 is 17.2 Å². The standard InChI is InChI=1S/C17H23F3N2O.ClH/c1-16(2,10-22-15(23)11-6-7-14(21)8-11)12-4-3-5-13(9-12)17(18,19)20;/h3-5,9,11,14H,6-8,10,21H2,1-2H3,(H,22,23);1H. The van der Waals surface area contributed by atoms with Gasteiger partial charge in [0.05, 0.1) is 5.56 Å². The van der Waals surface area contributed by atoms with E-state index in [0.29, 0.717) is 18.5 Å². The van der Waals surface area contributed by atoms with Crippen LogP contribution in [-0.4, -0.2) is 18.5 Å². The first-order valence-corrected chi connectivity index (χ1v) is 7.80. The van der Waals surface area contributed by atoms with E-state index >= 15 is 0 Å². The van der Waals surface area contributed by atoms with E-state index in [9.17, 15) is 18.0 Å². The molecule has 1 aliphatic rings. The van der Waals surface area contributed by atoms with Gasteiger partial charge in [0.25, 0.3) is 0 Å². The second kappa shape index (κ2) is 7.74. The summed E-state index contributed by atoms with van der Waals surface area (Å²) in [5, 5.41) is 2.87. The Kier molecular flexibility index (Phi) is 6.70.